The van der Waals surface area contributed by atoms with Gasteiger partial charge in [-0.05, 0) is 61.8 Å². The molecule has 0 saturated heterocycles. The first-order valence-electron chi connectivity index (χ1n) is 7.16. The van der Waals surface area contributed by atoms with Gasteiger partial charge in [0.25, 0.3) is 0 Å². The molecule has 17 heavy (non-hydrogen) atoms. The third-order valence-corrected chi connectivity index (χ3v) is 4.43. The summed E-state index contributed by atoms with van der Waals surface area (Å²) < 4.78 is 0. The lowest BCUT2D eigenvalue weighted by Gasteiger charge is -2.17. The van der Waals surface area contributed by atoms with E-state index in [4.69, 9.17) is 0 Å². The summed E-state index contributed by atoms with van der Waals surface area (Å²) in [5, 5.41) is 3.49. The SMILES string of the molecule is CNC(CCC1CC1)c1ccc2c(c1)CCC2. The Hall–Kier alpha value is -0.820. The monoisotopic (exact) mass is 229 g/mol. The summed E-state index contributed by atoms with van der Waals surface area (Å²) in [6, 6.07) is 7.73. The molecule has 1 N–H and O–H groups in total. The Morgan fingerprint density at radius 2 is 2.06 bits per heavy atom. The van der Waals surface area contributed by atoms with E-state index in [2.05, 4.69) is 30.6 Å². The minimum Gasteiger partial charge on any atom is -0.313 e. The van der Waals surface area contributed by atoms with E-state index in [-0.39, 0.29) is 0 Å². The van der Waals surface area contributed by atoms with E-state index in [1.165, 1.54) is 50.5 Å². The normalized spacial score (nSPS) is 20.3. The molecule has 92 valence electrons. The molecule has 1 heteroatoms. The molecule has 2 aliphatic carbocycles. The third-order valence-electron chi connectivity index (χ3n) is 4.43. The number of nitrogens with one attached hydrogen (secondary N) is 1. The van der Waals surface area contributed by atoms with Crippen molar-refractivity contribution in [3.63, 3.8) is 0 Å². The second-order valence-electron chi connectivity index (χ2n) is 5.74. The van der Waals surface area contributed by atoms with Crippen LogP contribution in [0.2, 0.25) is 0 Å². The van der Waals surface area contributed by atoms with Crippen LogP contribution in [0.4, 0.5) is 0 Å². The van der Waals surface area contributed by atoms with Gasteiger partial charge in [-0.2, -0.15) is 0 Å². The van der Waals surface area contributed by atoms with Gasteiger partial charge in [0.2, 0.25) is 0 Å². The lowest BCUT2D eigenvalue weighted by molar-refractivity contribution is 0.506. The standard InChI is InChI=1S/C16H23N/c1-17-16(10-7-12-5-6-12)15-9-8-13-3-2-4-14(13)11-15/h8-9,11-12,16-17H,2-7,10H2,1H3. The molecule has 1 nitrogen and oxygen atoms in total. The largest absolute Gasteiger partial charge is 0.313 e. The number of aryl methyl sites for hydroxylation is 2. The van der Waals surface area contributed by atoms with Gasteiger partial charge in [-0.15, -0.1) is 0 Å². The second kappa shape index (κ2) is 4.81. The van der Waals surface area contributed by atoms with Crippen molar-refractivity contribution in [1.82, 2.24) is 5.32 Å². The predicted octanol–water partition coefficient (Wildman–Crippen LogP) is 3.63. The summed E-state index contributed by atoms with van der Waals surface area (Å²) in [4.78, 5) is 0. The highest BCUT2D eigenvalue weighted by Gasteiger charge is 2.23. The molecular formula is C16H23N. The fourth-order valence-corrected chi connectivity index (χ4v) is 3.10. The highest BCUT2D eigenvalue weighted by molar-refractivity contribution is 5.36. The van der Waals surface area contributed by atoms with Crippen molar-refractivity contribution in [2.45, 2.75) is 51.0 Å². The van der Waals surface area contributed by atoms with Crippen molar-refractivity contribution in [2.24, 2.45) is 5.92 Å². The zero-order chi connectivity index (χ0) is 11.7. The van der Waals surface area contributed by atoms with Gasteiger partial charge in [0.1, 0.15) is 0 Å². The smallest absolute Gasteiger partial charge is 0.0317 e. The van der Waals surface area contributed by atoms with E-state index in [0.29, 0.717) is 6.04 Å². The van der Waals surface area contributed by atoms with Gasteiger partial charge in [-0.25, -0.2) is 0 Å². The van der Waals surface area contributed by atoms with Crippen molar-refractivity contribution in [3.05, 3.63) is 34.9 Å². The van der Waals surface area contributed by atoms with Gasteiger partial charge < -0.3 is 5.32 Å². The van der Waals surface area contributed by atoms with Crippen LogP contribution in [-0.2, 0) is 12.8 Å². The Morgan fingerprint density at radius 1 is 1.24 bits per heavy atom. The number of hydrogen-bond donors (Lipinski definition) is 1. The van der Waals surface area contributed by atoms with E-state index >= 15 is 0 Å². The molecule has 0 spiro atoms. The lowest BCUT2D eigenvalue weighted by atomic mass is 9.97. The first kappa shape index (κ1) is 11.3. The van der Waals surface area contributed by atoms with Crippen LogP contribution in [0.5, 0.6) is 0 Å². The molecule has 0 aromatic heterocycles. The summed E-state index contributed by atoms with van der Waals surface area (Å²) >= 11 is 0. The molecular weight excluding hydrogens is 206 g/mol. The van der Waals surface area contributed by atoms with E-state index in [9.17, 15) is 0 Å². The van der Waals surface area contributed by atoms with Crippen molar-refractivity contribution in [3.8, 4) is 0 Å². The molecule has 0 amide bonds. The van der Waals surface area contributed by atoms with Gasteiger partial charge >= 0.3 is 0 Å². The summed E-state index contributed by atoms with van der Waals surface area (Å²) in [6.45, 7) is 0. The van der Waals surface area contributed by atoms with E-state index in [0.717, 1.165) is 5.92 Å². The molecule has 0 bridgehead atoms. The maximum Gasteiger partial charge on any atom is 0.0317 e. The van der Waals surface area contributed by atoms with Gasteiger partial charge in [0.05, 0.1) is 0 Å². The Kier molecular flexibility index (Phi) is 3.19. The van der Waals surface area contributed by atoms with Crippen LogP contribution in [-0.4, -0.2) is 7.05 Å². The van der Waals surface area contributed by atoms with Crippen molar-refractivity contribution >= 4 is 0 Å². The van der Waals surface area contributed by atoms with Crippen molar-refractivity contribution in [1.29, 1.82) is 0 Å². The summed E-state index contributed by atoms with van der Waals surface area (Å²) in [5.41, 5.74) is 4.70. The van der Waals surface area contributed by atoms with E-state index in [1.807, 2.05) is 0 Å². The zero-order valence-electron chi connectivity index (χ0n) is 10.8. The lowest BCUT2D eigenvalue weighted by Crippen LogP contribution is -2.16. The molecule has 0 radical (unpaired) electrons. The van der Waals surface area contributed by atoms with Crippen molar-refractivity contribution < 1.29 is 0 Å². The molecule has 1 atom stereocenters. The van der Waals surface area contributed by atoms with Crippen LogP contribution in [0.25, 0.3) is 0 Å². The number of benzene rings is 1. The second-order valence-corrected chi connectivity index (χ2v) is 5.74. The van der Waals surface area contributed by atoms with Crippen LogP contribution >= 0.6 is 0 Å². The van der Waals surface area contributed by atoms with E-state index in [1.54, 1.807) is 11.1 Å². The first-order valence-corrected chi connectivity index (χ1v) is 7.16. The Labute approximate surface area is 105 Å². The summed E-state index contributed by atoms with van der Waals surface area (Å²) in [7, 11) is 2.10. The summed E-state index contributed by atoms with van der Waals surface area (Å²) in [5.74, 6) is 1.04. The average molecular weight is 229 g/mol. The third kappa shape index (κ3) is 2.55. The molecule has 0 aliphatic heterocycles. The molecule has 1 aromatic rings. The van der Waals surface area contributed by atoms with E-state index < -0.39 is 0 Å². The highest BCUT2D eigenvalue weighted by atomic mass is 14.9. The van der Waals surface area contributed by atoms with Crippen LogP contribution < -0.4 is 5.32 Å². The van der Waals surface area contributed by atoms with Gasteiger partial charge in [-0.1, -0.05) is 31.0 Å². The highest BCUT2D eigenvalue weighted by Crippen LogP contribution is 2.36. The number of fused-ring (bicyclic) bond motifs is 1. The van der Waals surface area contributed by atoms with Crippen LogP contribution in [0.3, 0.4) is 0 Å². The quantitative estimate of drug-likeness (QED) is 0.813. The topological polar surface area (TPSA) is 12.0 Å². The number of rotatable bonds is 5. The Balaban J connectivity index is 1.71. The maximum absolute atomic E-state index is 3.49. The minimum absolute atomic E-state index is 0.571. The van der Waals surface area contributed by atoms with Gasteiger partial charge in [0.15, 0.2) is 0 Å². The molecule has 1 saturated carbocycles. The zero-order valence-corrected chi connectivity index (χ0v) is 10.8. The molecule has 1 unspecified atom stereocenters. The summed E-state index contributed by atoms with van der Waals surface area (Å²) in [6.07, 6.45) is 9.60. The van der Waals surface area contributed by atoms with Crippen LogP contribution in [0.1, 0.15) is 54.8 Å². The fourth-order valence-electron chi connectivity index (χ4n) is 3.10. The molecule has 3 rings (SSSR count). The van der Waals surface area contributed by atoms with Gasteiger partial charge in [-0.3, -0.25) is 0 Å². The van der Waals surface area contributed by atoms with Crippen LogP contribution in [0.15, 0.2) is 18.2 Å². The fraction of sp³-hybridized carbons (Fsp3) is 0.625. The Bertz CT molecular complexity index is 393. The van der Waals surface area contributed by atoms with Crippen LogP contribution in [0, 0.1) is 5.92 Å². The molecule has 1 fully saturated rings. The molecule has 0 heterocycles. The Morgan fingerprint density at radius 3 is 2.82 bits per heavy atom. The van der Waals surface area contributed by atoms with Crippen molar-refractivity contribution in [2.75, 3.05) is 7.05 Å². The van der Waals surface area contributed by atoms with Gasteiger partial charge in [0, 0.05) is 6.04 Å². The maximum atomic E-state index is 3.49. The predicted molar refractivity (Wildman–Crippen MR) is 72.2 cm³/mol. The minimum atomic E-state index is 0.571. The first-order chi connectivity index (χ1) is 8.36. The number of hydrogen-bond acceptors (Lipinski definition) is 1. The average Bonchev–Trinajstić information content (AvgIpc) is 3.06. The molecule has 1 aromatic carbocycles. The molecule has 2 aliphatic rings.